The first-order chi connectivity index (χ1) is 10.1. The largest absolute Gasteiger partial charge is 0.370 e. The summed E-state index contributed by atoms with van der Waals surface area (Å²) in [5.74, 6) is 0. The van der Waals surface area contributed by atoms with Crippen LogP contribution in [0.25, 0.3) is 11.0 Å². The number of fused-ring (bicyclic) bond motifs is 1. The van der Waals surface area contributed by atoms with Crippen molar-refractivity contribution in [2.45, 2.75) is 44.8 Å². The smallest absolute Gasteiger partial charge is 0.0992 e. The van der Waals surface area contributed by atoms with Crippen LogP contribution in [0.1, 0.15) is 38.2 Å². The van der Waals surface area contributed by atoms with Gasteiger partial charge in [-0.25, -0.2) is 4.98 Å². The first-order valence-electron chi connectivity index (χ1n) is 7.61. The zero-order valence-corrected chi connectivity index (χ0v) is 12.3. The molecule has 0 radical (unpaired) electrons. The Balaban J connectivity index is 1.66. The van der Waals surface area contributed by atoms with E-state index in [1.165, 1.54) is 19.3 Å². The maximum absolute atomic E-state index is 9.08. The highest BCUT2D eigenvalue weighted by molar-refractivity contribution is 5.76. The van der Waals surface area contributed by atoms with Gasteiger partial charge in [0, 0.05) is 6.54 Å². The van der Waals surface area contributed by atoms with Crippen LogP contribution in [0.2, 0.25) is 0 Å². The van der Waals surface area contributed by atoms with Crippen molar-refractivity contribution in [1.82, 2.24) is 9.55 Å². The lowest BCUT2D eigenvalue weighted by Gasteiger charge is -2.37. The van der Waals surface area contributed by atoms with Crippen molar-refractivity contribution < 1.29 is 4.74 Å². The Morgan fingerprint density at radius 1 is 1.43 bits per heavy atom. The molecule has 2 fully saturated rings. The molecule has 1 spiro atoms. The molecule has 2 atom stereocenters. The molecule has 1 aromatic carbocycles. The first kappa shape index (κ1) is 12.8. The van der Waals surface area contributed by atoms with E-state index in [0.29, 0.717) is 5.56 Å². The SMILES string of the molecule is CC1(Cn2cnc3ccc(C#N)cc32)CCCC2(CO2)C1. The fourth-order valence-corrected chi connectivity index (χ4v) is 3.94. The molecule has 1 aromatic heterocycles. The monoisotopic (exact) mass is 281 g/mol. The molecule has 4 rings (SSSR count). The van der Waals surface area contributed by atoms with Crippen molar-refractivity contribution in [1.29, 1.82) is 5.26 Å². The second-order valence-corrected chi connectivity index (χ2v) is 7.00. The average molecular weight is 281 g/mol. The maximum atomic E-state index is 9.08. The van der Waals surface area contributed by atoms with Crippen LogP contribution in [0.5, 0.6) is 0 Å². The Kier molecular flexibility index (Phi) is 2.64. The number of hydrogen-bond acceptors (Lipinski definition) is 3. The molecule has 21 heavy (non-hydrogen) atoms. The van der Waals surface area contributed by atoms with Gasteiger partial charge >= 0.3 is 0 Å². The third-order valence-electron chi connectivity index (χ3n) is 5.02. The summed E-state index contributed by atoms with van der Waals surface area (Å²) in [6.45, 7) is 4.24. The molecule has 0 N–H and O–H groups in total. The summed E-state index contributed by atoms with van der Waals surface area (Å²) in [4.78, 5) is 4.46. The molecule has 1 aliphatic carbocycles. The molecule has 2 aliphatic rings. The number of nitriles is 1. The van der Waals surface area contributed by atoms with E-state index in [9.17, 15) is 0 Å². The van der Waals surface area contributed by atoms with Gasteiger partial charge in [-0.3, -0.25) is 0 Å². The zero-order valence-electron chi connectivity index (χ0n) is 12.3. The van der Waals surface area contributed by atoms with Gasteiger partial charge < -0.3 is 9.30 Å². The van der Waals surface area contributed by atoms with E-state index in [2.05, 4.69) is 22.5 Å². The van der Waals surface area contributed by atoms with Gasteiger partial charge in [0.05, 0.1) is 41.2 Å². The molecule has 4 nitrogen and oxygen atoms in total. The molecule has 1 saturated heterocycles. The number of ether oxygens (including phenoxy) is 1. The normalized spacial score (nSPS) is 31.4. The van der Waals surface area contributed by atoms with Crippen LogP contribution in [-0.2, 0) is 11.3 Å². The van der Waals surface area contributed by atoms with Gasteiger partial charge in [-0.15, -0.1) is 0 Å². The van der Waals surface area contributed by atoms with Crippen LogP contribution in [0.4, 0.5) is 0 Å². The fraction of sp³-hybridized carbons (Fsp3) is 0.529. The number of benzene rings is 1. The second kappa shape index (κ2) is 4.32. The topological polar surface area (TPSA) is 54.1 Å². The van der Waals surface area contributed by atoms with Crippen LogP contribution in [-0.4, -0.2) is 21.8 Å². The Hall–Kier alpha value is -1.86. The molecule has 2 aromatic rings. The van der Waals surface area contributed by atoms with E-state index in [1.807, 2.05) is 24.5 Å². The van der Waals surface area contributed by atoms with Crippen molar-refractivity contribution in [2.24, 2.45) is 5.41 Å². The summed E-state index contributed by atoms with van der Waals surface area (Å²) in [6, 6.07) is 7.91. The third kappa shape index (κ3) is 2.22. The average Bonchev–Trinajstić information content (AvgIpc) is 3.09. The van der Waals surface area contributed by atoms with Gasteiger partial charge in [0.25, 0.3) is 0 Å². The van der Waals surface area contributed by atoms with E-state index >= 15 is 0 Å². The molecule has 2 heterocycles. The van der Waals surface area contributed by atoms with E-state index in [-0.39, 0.29) is 11.0 Å². The first-order valence-corrected chi connectivity index (χ1v) is 7.61. The number of imidazole rings is 1. The minimum absolute atomic E-state index is 0.182. The number of nitrogens with zero attached hydrogens (tertiary/aromatic N) is 3. The lowest BCUT2D eigenvalue weighted by atomic mass is 9.70. The Bertz CT molecular complexity index is 738. The minimum Gasteiger partial charge on any atom is -0.370 e. The van der Waals surface area contributed by atoms with Crippen LogP contribution in [0.15, 0.2) is 24.5 Å². The van der Waals surface area contributed by atoms with Gasteiger partial charge in [-0.2, -0.15) is 5.26 Å². The van der Waals surface area contributed by atoms with E-state index < -0.39 is 0 Å². The molecular formula is C17H19N3O. The van der Waals surface area contributed by atoms with Crippen LogP contribution >= 0.6 is 0 Å². The molecule has 0 bridgehead atoms. The Morgan fingerprint density at radius 2 is 2.29 bits per heavy atom. The van der Waals surface area contributed by atoms with Gasteiger partial charge in [0.2, 0.25) is 0 Å². The Morgan fingerprint density at radius 3 is 3.05 bits per heavy atom. The van der Waals surface area contributed by atoms with Gasteiger partial charge in [0.1, 0.15) is 0 Å². The predicted octanol–water partition coefficient (Wildman–Crippen LogP) is 3.26. The molecule has 2 unspecified atom stereocenters. The highest BCUT2D eigenvalue weighted by Crippen LogP contribution is 2.50. The molecule has 1 aliphatic heterocycles. The zero-order chi connectivity index (χ0) is 14.5. The molecule has 108 valence electrons. The summed E-state index contributed by atoms with van der Waals surface area (Å²) < 4.78 is 7.91. The summed E-state index contributed by atoms with van der Waals surface area (Å²) >= 11 is 0. The summed E-state index contributed by atoms with van der Waals surface area (Å²) in [6.07, 6.45) is 6.73. The van der Waals surface area contributed by atoms with Crippen molar-refractivity contribution in [3.63, 3.8) is 0 Å². The number of epoxide rings is 1. The third-order valence-corrected chi connectivity index (χ3v) is 5.02. The van der Waals surface area contributed by atoms with Gasteiger partial charge in [-0.05, 0) is 49.3 Å². The summed E-state index contributed by atoms with van der Waals surface area (Å²) in [7, 11) is 0. The fourth-order valence-electron chi connectivity index (χ4n) is 3.94. The Labute approximate surface area is 124 Å². The lowest BCUT2D eigenvalue weighted by Crippen LogP contribution is -2.34. The highest BCUT2D eigenvalue weighted by atomic mass is 16.6. The molecule has 0 amide bonds. The minimum atomic E-state index is 0.182. The number of aromatic nitrogens is 2. The van der Waals surface area contributed by atoms with Crippen LogP contribution in [0, 0.1) is 16.7 Å². The van der Waals surface area contributed by atoms with E-state index in [0.717, 1.165) is 30.6 Å². The predicted molar refractivity (Wildman–Crippen MR) is 79.7 cm³/mol. The lowest BCUT2D eigenvalue weighted by molar-refractivity contribution is 0.103. The molecule has 4 heteroatoms. The summed E-state index contributed by atoms with van der Waals surface area (Å²) in [5.41, 5.74) is 3.16. The number of hydrogen-bond donors (Lipinski definition) is 0. The number of rotatable bonds is 2. The molecular weight excluding hydrogens is 262 g/mol. The highest BCUT2D eigenvalue weighted by Gasteiger charge is 2.51. The van der Waals surface area contributed by atoms with Crippen molar-refractivity contribution >= 4 is 11.0 Å². The maximum Gasteiger partial charge on any atom is 0.0992 e. The van der Waals surface area contributed by atoms with Crippen molar-refractivity contribution in [2.75, 3.05) is 6.61 Å². The standard InChI is InChI=1S/C17H19N3O/c1-16(5-2-6-17(9-16)11-21-17)10-20-12-19-14-4-3-13(8-18)7-15(14)20/h3-4,7,12H,2,5-6,9-11H2,1H3. The van der Waals surface area contributed by atoms with Crippen molar-refractivity contribution in [3.8, 4) is 6.07 Å². The van der Waals surface area contributed by atoms with E-state index in [1.54, 1.807) is 0 Å². The summed E-state index contributed by atoms with van der Waals surface area (Å²) in [5, 5.41) is 9.08. The van der Waals surface area contributed by atoms with Crippen LogP contribution in [0.3, 0.4) is 0 Å². The quantitative estimate of drug-likeness (QED) is 0.794. The van der Waals surface area contributed by atoms with Crippen molar-refractivity contribution in [3.05, 3.63) is 30.1 Å². The van der Waals surface area contributed by atoms with E-state index in [4.69, 9.17) is 10.00 Å². The van der Waals surface area contributed by atoms with Gasteiger partial charge in [-0.1, -0.05) is 6.92 Å². The van der Waals surface area contributed by atoms with Gasteiger partial charge in [0.15, 0.2) is 0 Å². The second-order valence-electron chi connectivity index (χ2n) is 7.00. The van der Waals surface area contributed by atoms with Crippen LogP contribution < -0.4 is 0 Å². The molecule has 1 saturated carbocycles.